The lowest BCUT2D eigenvalue weighted by Crippen LogP contribution is -2.37. The van der Waals surface area contributed by atoms with Crippen LogP contribution < -0.4 is 10.0 Å². The number of likely N-dealkylation sites (tertiary alicyclic amines) is 2. The fourth-order valence-corrected chi connectivity index (χ4v) is 4.69. The second kappa shape index (κ2) is 7.98. The average Bonchev–Trinajstić information content (AvgIpc) is 3.30. The Morgan fingerprint density at radius 3 is 2.70 bits per heavy atom. The first-order valence-corrected chi connectivity index (χ1v) is 10.3. The highest BCUT2D eigenvalue weighted by atomic mass is 32.2. The van der Waals surface area contributed by atoms with Gasteiger partial charge in [-0.3, -0.25) is 4.79 Å². The summed E-state index contributed by atoms with van der Waals surface area (Å²) in [6.07, 6.45) is 5.17. The number of rotatable bonds is 6. The Labute approximate surface area is 159 Å². The molecule has 2 fully saturated rings. The zero-order valence-corrected chi connectivity index (χ0v) is 15.8. The summed E-state index contributed by atoms with van der Waals surface area (Å²) in [7, 11) is -3.71. The zero-order chi connectivity index (χ0) is 19.4. The van der Waals surface area contributed by atoms with Gasteiger partial charge in [-0.05, 0) is 37.2 Å². The second-order valence-electron chi connectivity index (χ2n) is 6.82. The molecule has 1 aromatic carbocycles. The van der Waals surface area contributed by atoms with E-state index in [2.05, 4.69) is 22.8 Å². The Morgan fingerprint density at radius 1 is 1.26 bits per heavy atom. The van der Waals surface area contributed by atoms with Gasteiger partial charge in [0.25, 0.3) is 5.91 Å². The van der Waals surface area contributed by atoms with Crippen molar-refractivity contribution in [3.63, 3.8) is 0 Å². The van der Waals surface area contributed by atoms with Gasteiger partial charge >= 0.3 is 0 Å². The van der Waals surface area contributed by atoms with Crippen LogP contribution in [-0.2, 0) is 10.0 Å². The van der Waals surface area contributed by atoms with E-state index in [1.165, 1.54) is 12.1 Å². The van der Waals surface area contributed by atoms with Gasteiger partial charge < -0.3 is 15.1 Å². The van der Waals surface area contributed by atoms with Crippen molar-refractivity contribution >= 4 is 15.9 Å². The van der Waals surface area contributed by atoms with Crippen molar-refractivity contribution in [1.82, 2.24) is 19.8 Å². The molecule has 2 saturated heterocycles. The van der Waals surface area contributed by atoms with Crippen LogP contribution in [0.1, 0.15) is 23.2 Å². The summed E-state index contributed by atoms with van der Waals surface area (Å²) in [5.74, 6) is -0.337. The smallest absolute Gasteiger partial charge is 0.251 e. The molecule has 2 aliphatic rings. The third-order valence-corrected chi connectivity index (χ3v) is 6.39. The summed E-state index contributed by atoms with van der Waals surface area (Å²) >= 11 is 0. The van der Waals surface area contributed by atoms with Gasteiger partial charge in [0.2, 0.25) is 10.0 Å². The summed E-state index contributed by atoms with van der Waals surface area (Å²) in [6.45, 7) is 6.14. The van der Waals surface area contributed by atoms with Crippen LogP contribution >= 0.6 is 0 Å². The van der Waals surface area contributed by atoms with Crippen molar-refractivity contribution in [3.8, 4) is 6.19 Å². The van der Waals surface area contributed by atoms with Crippen LogP contribution in [0, 0.1) is 11.5 Å². The topological polar surface area (TPSA) is 106 Å². The molecule has 0 radical (unpaired) electrons. The summed E-state index contributed by atoms with van der Waals surface area (Å²) in [4.78, 5) is 16.1. The Hall–Kier alpha value is -2.57. The molecule has 2 aliphatic heterocycles. The van der Waals surface area contributed by atoms with Crippen molar-refractivity contribution in [2.24, 2.45) is 0 Å². The average molecular weight is 389 g/mol. The zero-order valence-electron chi connectivity index (χ0n) is 15.0. The number of hydrogen-bond donors (Lipinski definition) is 2. The molecule has 2 N–H and O–H groups in total. The van der Waals surface area contributed by atoms with E-state index in [-0.39, 0.29) is 28.4 Å². The minimum atomic E-state index is -3.71. The van der Waals surface area contributed by atoms with Gasteiger partial charge in [0.05, 0.1) is 4.90 Å². The molecule has 0 aliphatic carbocycles. The van der Waals surface area contributed by atoms with Crippen molar-refractivity contribution in [1.29, 1.82) is 5.26 Å². The van der Waals surface area contributed by atoms with Crippen molar-refractivity contribution in [3.05, 3.63) is 42.6 Å². The van der Waals surface area contributed by atoms with E-state index < -0.39 is 10.0 Å². The maximum absolute atomic E-state index is 12.7. The monoisotopic (exact) mass is 389 g/mol. The van der Waals surface area contributed by atoms with Gasteiger partial charge in [-0.15, -0.1) is 0 Å². The molecule has 2 atom stereocenters. The Morgan fingerprint density at radius 2 is 2.04 bits per heavy atom. The number of benzene rings is 1. The summed E-state index contributed by atoms with van der Waals surface area (Å²) in [5, 5.41) is 11.8. The molecule has 27 heavy (non-hydrogen) atoms. The largest absolute Gasteiger partial charge is 0.376 e. The van der Waals surface area contributed by atoms with Crippen LogP contribution in [0.4, 0.5) is 0 Å². The van der Waals surface area contributed by atoms with Crippen LogP contribution in [0.3, 0.4) is 0 Å². The van der Waals surface area contributed by atoms with Gasteiger partial charge in [-0.1, -0.05) is 12.6 Å². The minimum absolute atomic E-state index is 0.0669. The lowest BCUT2D eigenvalue weighted by Gasteiger charge is -2.15. The number of nitriles is 1. The third-order valence-electron chi connectivity index (χ3n) is 4.87. The molecular formula is C18H23N5O3S. The number of sulfonamides is 1. The second-order valence-corrected chi connectivity index (χ2v) is 8.53. The first kappa shape index (κ1) is 19.2. The molecular weight excluding hydrogens is 366 g/mol. The van der Waals surface area contributed by atoms with Crippen LogP contribution in [0.5, 0.6) is 0 Å². The van der Waals surface area contributed by atoms with Crippen LogP contribution in [-0.4, -0.2) is 62.4 Å². The fourth-order valence-electron chi connectivity index (χ4n) is 3.38. The van der Waals surface area contributed by atoms with Gasteiger partial charge in [0, 0.05) is 43.8 Å². The lowest BCUT2D eigenvalue weighted by atomic mass is 10.2. The Bertz CT molecular complexity index is 864. The van der Waals surface area contributed by atoms with Crippen LogP contribution in [0.2, 0.25) is 0 Å². The molecule has 0 aromatic heterocycles. The first-order valence-electron chi connectivity index (χ1n) is 8.86. The van der Waals surface area contributed by atoms with E-state index in [9.17, 15) is 13.2 Å². The predicted molar refractivity (Wildman–Crippen MR) is 100.0 cm³/mol. The number of amides is 1. The maximum Gasteiger partial charge on any atom is 0.251 e. The normalized spacial score (nSPS) is 22.5. The molecule has 3 rings (SSSR count). The van der Waals surface area contributed by atoms with Crippen molar-refractivity contribution in [2.45, 2.75) is 29.8 Å². The Kier molecular flexibility index (Phi) is 5.68. The van der Waals surface area contributed by atoms with Gasteiger partial charge in [-0.25, -0.2) is 13.1 Å². The van der Waals surface area contributed by atoms with E-state index in [0.29, 0.717) is 32.5 Å². The number of hydrogen-bond acceptors (Lipinski definition) is 6. The molecule has 9 heteroatoms. The predicted octanol–water partition coefficient (Wildman–Crippen LogP) is 0.468. The van der Waals surface area contributed by atoms with E-state index in [1.54, 1.807) is 23.2 Å². The summed E-state index contributed by atoms with van der Waals surface area (Å²) in [5.41, 5.74) is 0.285. The summed E-state index contributed by atoms with van der Waals surface area (Å²) in [6, 6.07) is 5.71. The number of carbonyl (C=O) groups is 1. The van der Waals surface area contributed by atoms with Crippen molar-refractivity contribution in [2.75, 3.05) is 26.2 Å². The lowest BCUT2D eigenvalue weighted by molar-refractivity contribution is 0.0938. The van der Waals surface area contributed by atoms with Gasteiger partial charge in [0.15, 0.2) is 6.19 Å². The van der Waals surface area contributed by atoms with Gasteiger partial charge in [-0.2, -0.15) is 5.26 Å². The molecule has 1 amide bonds. The molecule has 2 heterocycles. The highest BCUT2D eigenvalue weighted by molar-refractivity contribution is 7.89. The van der Waals surface area contributed by atoms with Crippen molar-refractivity contribution < 1.29 is 13.2 Å². The van der Waals surface area contributed by atoms with E-state index in [1.807, 2.05) is 4.90 Å². The molecule has 1 aromatic rings. The molecule has 0 saturated carbocycles. The van der Waals surface area contributed by atoms with E-state index in [4.69, 9.17) is 5.26 Å². The number of nitrogens with one attached hydrogen (secondary N) is 2. The van der Waals surface area contributed by atoms with Gasteiger partial charge in [0.1, 0.15) is 0 Å². The quantitative estimate of drug-likeness (QED) is 0.685. The maximum atomic E-state index is 12.7. The Balaban J connectivity index is 1.66. The molecule has 0 bridgehead atoms. The fraction of sp³-hybridized carbons (Fsp3) is 0.444. The minimum Gasteiger partial charge on any atom is -0.376 e. The SMILES string of the molecule is C=CN1CC[C@@H](NS(=O)(=O)c2cccc(C(=O)NC3CCN(C#N)C3)c2)C1. The number of carbonyl (C=O) groups excluding carboxylic acids is 1. The molecule has 8 nitrogen and oxygen atoms in total. The highest BCUT2D eigenvalue weighted by Gasteiger charge is 2.27. The van der Waals surface area contributed by atoms with Crippen LogP contribution in [0.25, 0.3) is 0 Å². The highest BCUT2D eigenvalue weighted by Crippen LogP contribution is 2.16. The molecule has 144 valence electrons. The first-order chi connectivity index (χ1) is 12.9. The van der Waals surface area contributed by atoms with E-state index in [0.717, 1.165) is 6.54 Å². The molecule has 1 unspecified atom stereocenters. The summed E-state index contributed by atoms with van der Waals surface area (Å²) < 4.78 is 28.0. The number of nitrogens with zero attached hydrogens (tertiary/aromatic N) is 3. The third kappa shape index (κ3) is 4.59. The van der Waals surface area contributed by atoms with Crippen LogP contribution in [0.15, 0.2) is 41.9 Å². The van der Waals surface area contributed by atoms with E-state index >= 15 is 0 Å². The standard InChI is InChI=1S/C18H23N5O3S/c1-2-22-8-7-16(12-22)21-27(25,26)17-5-3-4-14(10-17)18(24)20-15-6-9-23(11-15)13-19/h2-5,10,15-16,21H,1,6-9,11-12H2,(H,20,24)/t15?,16-/m1/s1. The molecule has 0 spiro atoms.